The predicted octanol–water partition coefficient (Wildman–Crippen LogP) is 4.03. The van der Waals surface area contributed by atoms with Gasteiger partial charge in [0.25, 0.3) is 0 Å². The van der Waals surface area contributed by atoms with E-state index in [1.165, 1.54) is 11.3 Å². The number of likely N-dealkylation sites (N-methyl/N-ethyl adjacent to an activating group) is 1. The number of halogens is 1. The molecule has 7 heteroatoms. The number of nitrogens with one attached hydrogen (secondary N) is 1. The summed E-state index contributed by atoms with van der Waals surface area (Å²) in [6, 6.07) is 14.1. The molecule has 0 unspecified atom stereocenters. The minimum atomic E-state index is 0. The molecule has 152 valence electrons. The number of hydrogen-bond acceptors (Lipinski definition) is 4. The third-order valence-electron chi connectivity index (χ3n) is 4.51. The van der Waals surface area contributed by atoms with Crippen LogP contribution in [0.2, 0.25) is 0 Å². The van der Waals surface area contributed by atoms with E-state index >= 15 is 0 Å². The lowest BCUT2D eigenvalue weighted by atomic mass is 10.2. The van der Waals surface area contributed by atoms with Crippen LogP contribution in [0.1, 0.15) is 18.9 Å². The number of para-hydroxylation sites is 1. The number of nitrogens with two attached hydrogens (primary N) is 1. The highest BCUT2D eigenvalue weighted by Crippen LogP contribution is 2.32. The average Bonchev–Trinajstić information content (AvgIpc) is 2.91. The fourth-order valence-corrected chi connectivity index (χ4v) is 3.09. The Morgan fingerprint density at radius 2 is 1.89 bits per heavy atom. The fraction of sp³-hybridized carbons (Fsp3) is 0.381. The SMILES string of the molecule is CCN(CCN=C(N)Nc1ccc2c(c1)OCCCO2)c1ccccc1C.I. The molecule has 3 rings (SSSR count). The number of ether oxygens (including phenoxy) is 2. The molecule has 0 aromatic heterocycles. The molecule has 0 amide bonds. The van der Waals surface area contributed by atoms with Crippen molar-refractivity contribution in [2.75, 3.05) is 43.1 Å². The number of benzene rings is 2. The molecule has 0 aliphatic carbocycles. The topological polar surface area (TPSA) is 72.1 Å². The monoisotopic (exact) mass is 496 g/mol. The Morgan fingerprint density at radius 3 is 2.64 bits per heavy atom. The van der Waals surface area contributed by atoms with E-state index in [-0.39, 0.29) is 24.0 Å². The molecule has 0 bridgehead atoms. The summed E-state index contributed by atoms with van der Waals surface area (Å²) in [5.41, 5.74) is 9.40. The first-order valence-electron chi connectivity index (χ1n) is 9.44. The second kappa shape index (κ2) is 11.0. The first-order chi connectivity index (χ1) is 13.2. The molecule has 0 saturated heterocycles. The number of guanidine groups is 1. The van der Waals surface area contributed by atoms with Gasteiger partial charge in [-0.2, -0.15) is 0 Å². The van der Waals surface area contributed by atoms with Gasteiger partial charge in [-0.3, -0.25) is 4.99 Å². The molecule has 0 atom stereocenters. The Morgan fingerprint density at radius 1 is 1.14 bits per heavy atom. The lowest BCUT2D eigenvalue weighted by molar-refractivity contribution is 0.297. The van der Waals surface area contributed by atoms with E-state index in [4.69, 9.17) is 15.2 Å². The summed E-state index contributed by atoms with van der Waals surface area (Å²) in [4.78, 5) is 6.77. The highest BCUT2D eigenvalue weighted by atomic mass is 127. The molecule has 2 aromatic carbocycles. The second-order valence-electron chi connectivity index (χ2n) is 6.47. The Hall–Kier alpha value is -2.16. The van der Waals surface area contributed by atoms with E-state index in [1.54, 1.807) is 0 Å². The van der Waals surface area contributed by atoms with Gasteiger partial charge in [0.05, 0.1) is 19.8 Å². The van der Waals surface area contributed by atoms with E-state index in [0.29, 0.717) is 25.7 Å². The van der Waals surface area contributed by atoms with Crippen molar-refractivity contribution in [3.05, 3.63) is 48.0 Å². The van der Waals surface area contributed by atoms with Gasteiger partial charge in [-0.05, 0) is 37.6 Å². The molecule has 0 saturated carbocycles. The zero-order valence-corrected chi connectivity index (χ0v) is 18.8. The maximum Gasteiger partial charge on any atom is 0.193 e. The standard InChI is InChI=1S/C21H28N4O2.HI/c1-3-25(18-8-5-4-7-16(18)2)12-11-23-21(22)24-17-9-10-19-20(15-17)27-14-6-13-26-19;/h4-5,7-10,15H,3,6,11-14H2,1-2H3,(H3,22,23,24);1H. The Bertz CT molecular complexity index is 798. The molecular formula is C21H29IN4O2. The van der Waals surface area contributed by atoms with Crippen LogP contribution in [0.25, 0.3) is 0 Å². The van der Waals surface area contributed by atoms with Gasteiger partial charge in [0.1, 0.15) is 0 Å². The lowest BCUT2D eigenvalue weighted by Crippen LogP contribution is -2.29. The van der Waals surface area contributed by atoms with Crippen LogP contribution in [0.3, 0.4) is 0 Å². The van der Waals surface area contributed by atoms with Crippen LogP contribution in [0.5, 0.6) is 11.5 Å². The predicted molar refractivity (Wildman–Crippen MR) is 127 cm³/mol. The zero-order valence-electron chi connectivity index (χ0n) is 16.5. The molecule has 1 aliphatic rings. The molecule has 28 heavy (non-hydrogen) atoms. The summed E-state index contributed by atoms with van der Waals surface area (Å²) in [5, 5.41) is 3.13. The molecule has 6 nitrogen and oxygen atoms in total. The first-order valence-corrected chi connectivity index (χ1v) is 9.44. The average molecular weight is 496 g/mol. The molecule has 1 heterocycles. The molecule has 0 spiro atoms. The van der Waals surface area contributed by atoms with Gasteiger partial charge >= 0.3 is 0 Å². The highest BCUT2D eigenvalue weighted by Gasteiger charge is 2.11. The van der Waals surface area contributed by atoms with Gasteiger partial charge < -0.3 is 25.4 Å². The van der Waals surface area contributed by atoms with Crippen molar-refractivity contribution in [3.63, 3.8) is 0 Å². The number of aryl methyl sites for hydroxylation is 1. The minimum absolute atomic E-state index is 0. The quantitative estimate of drug-likeness (QED) is 0.359. The Labute approximate surface area is 184 Å². The van der Waals surface area contributed by atoms with Crippen LogP contribution in [0.15, 0.2) is 47.5 Å². The number of fused-ring (bicyclic) bond motifs is 1. The fourth-order valence-electron chi connectivity index (χ4n) is 3.09. The van der Waals surface area contributed by atoms with Gasteiger partial charge in [-0.25, -0.2) is 0 Å². The Balaban J connectivity index is 0.00000280. The van der Waals surface area contributed by atoms with Gasteiger partial charge in [0.2, 0.25) is 0 Å². The van der Waals surface area contributed by atoms with Crippen molar-refractivity contribution < 1.29 is 9.47 Å². The van der Waals surface area contributed by atoms with E-state index in [9.17, 15) is 0 Å². The first kappa shape index (κ1) is 22.1. The molecule has 1 aliphatic heterocycles. The van der Waals surface area contributed by atoms with Crippen LogP contribution in [0, 0.1) is 6.92 Å². The van der Waals surface area contributed by atoms with Gasteiger partial charge in [-0.1, -0.05) is 18.2 Å². The van der Waals surface area contributed by atoms with Crippen molar-refractivity contribution in [1.82, 2.24) is 0 Å². The molecule has 0 fully saturated rings. The smallest absolute Gasteiger partial charge is 0.193 e. The number of hydrogen-bond donors (Lipinski definition) is 2. The van der Waals surface area contributed by atoms with Crippen LogP contribution in [-0.2, 0) is 0 Å². The van der Waals surface area contributed by atoms with Gasteiger partial charge in [0.15, 0.2) is 17.5 Å². The maximum atomic E-state index is 6.06. The van der Waals surface area contributed by atoms with Gasteiger partial charge in [0, 0.05) is 37.0 Å². The zero-order chi connectivity index (χ0) is 19.1. The van der Waals surface area contributed by atoms with Crippen molar-refractivity contribution >= 4 is 41.3 Å². The maximum absolute atomic E-state index is 6.06. The normalized spacial score (nSPS) is 13.3. The third-order valence-corrected chi connectivity index (χ3v) is 4.51. The van der Waals surface area contributed by atoms with Crippen LogP contribution in [0.4, 0.5) is 11.4 Å². The summed E-state index contributed by atoms with van der Waals surface area (Å²) in [5.74, 6) is 1.90. The van der Waals surface area contributed by atoms with E-state index in [0.717, 1.165) is 36.7 Å². The number of nitrogens with zero attached hydrogens (tertiary/aromatic N) is 2. The highest BCUT2D eigenvalue weighted by molar-refractivity contribution is 14.0. The van der Waals surface area contributed by atoms with Crippen molar-refractivity contribution in [3.8, 4) is 11.5 Å². The van der Waals surface area contributed by atoms with Crippen molar-refractivity contribution in [1.29, 1.82) is 0 Å². The molecule has 3 N–H and O–H groups in total. The summed E-state index contributed by atoms with van der Waals surface area (Å²) in [6.45, 7) is 7.97. The summed E-state index contributed by atoms with van der Waals surface area (Å²) >= 11 is 0. The van der Waals surface area contributed by atoms with E-state index < -0.39 is 0 Å². The van der Waals surface area contributed by atoms with Crippen molar-refractivity contribution in [2.45, 2.75) is 20.3 Å². The van der Waals surface area contributed by atoms with Crippen LogP contribution >= 0.6 is 24.0 Å². The van der Waals surface area contributed by atoms with Crippen molar-refractivity contribution in [2.24, 2.45) is 10.7 Å². The largest absolute Gasteiger partial charge is 0.490 e. The summed E-state index contributed by atoms with van der Waals surface area (Å²) in [6.07, 6.45) is 0.885. The van der Waals surface area contributed by atoms with Crippen LogP contribution < -0.4 is 25.4 Å². The lowest BCUT2D eigenvalue weighted by Gasteiger charge is -2.24. The second-order valence-corrected chi connectivity index (χ2v) is 6.47. The number of aliphatic imine (C=N–C) groups is 1. The Kier molecular flexibility index (Phi) is 8.69. The van der Waals surface area contributed by atoms with Crippen LogP contribution in [-0.4, -0.2) is 38.8 Å². The number of anilines is 2. The van der Waals surface area contributed by atoms with E-state index in [1.807, 2.05) is 18.2 Å². The summed E-state index contributed by atoms with van der Waals surface area (Å²) in [7, 11) is 0. The minimum Gasteiger partial charge on any atom is -0.490 e. The van der Waals surface area contributed by atoms with Gasteiger partial charge in [-0.15, -0.1) is 24.0 Å². The molecular weight excluding hydrogens is 467 g/mol. The molecule has 2 aromatic rings. The number of rotatable bonds is 6. The summed E-state index contributed by atoms with van der Waals surface area (Å²) < 4.78 is 11.3. The van der Waals surface area contributed by atoms with E-state index in [2.05, 4.69) is 53.3 Å². The third kappa shape index (κ3) is 5.92. The molecule has 0 radical (unpaired) electrons.